The predicted molar refractivity (Wildman–Crippen MR) is 83.5 cm³/mol. The number of thioether (sulfide) groups is 1. The topological polar surface area (TPSA) is 46.3 Å². The van der Waals surface area contributed by atoms with Crippen LogP contribution in [0.15, 0.2) is 12.1 Å². The Bertz CT molecular complexity index is 582. The number of hydrogen-bond acceptors (Lipinski definition) is 5. The quantitative estimate of drug-likeness (QED) is 0.869. The van der Waals surface area contributed by atoms with Crippen LogP contribution in [0.2, 0.25) is 0 Å². The monoisotopic (exact) mass is 291 g/mol. The molecule has 1 fully saturated rings. The van der Waals surface area contributed by atoms with E-state index in [-0.39, 0.29) is 0 Å². The number of aryl methyl sites for hydroxylation is 1. The Hall–Kier alpha value is -1.30. The number of rotatable bonds is 3. The second-order valence-corrected chi connectivity index (χ2v) is 6.81. The van der Waals surface area contributed by atoms with Crippen molar-refractivity contribution in [3.05, 3.63) is 18.0 Å². The molecule has 1 saturated heterocycles. The van der Waals surface area contributed by atoms with Gasteiger partial charge in [-0.15, -0.1) is 15.3 Å². The van der Waals surface area contributed by atoms with Crippen LogP contribution in [0.1, 0.15) is 32.0 Å². The standard InChI is InChI=1S/C14H21N5S/c1-3-20-12-6-4-5-9-18(10-12)14-8-7-13-16-15-11(2)19(13)17-14/h7-8,12H,3-6,9-10H2,1-2H3/t12-/m1/s1. The minimum absolute atomic E-state index is 0.724. The summed E-state index contributed by atoms with van der Waals surface area (Å²) in [7, 11) is 0. The third kappa shape index (κ3) is 2.75. The molecule has 108 valence electrons. The molecule has 0 amide bonds. The molecule has 0 bridgehead atoms. The van der Waals surface area contributed by atoms with Gasteiger partial charge in [-0.05, 0) is 37.7 Å². The molecule has 5 nitrogen and oxygen atoms in total. The van der Waals surface area contributed by atoms with E-state index >= 15 is 0 Å². The molecule has 0 unspecified atom stereocenters. The molecular weight excluding hydrogens is 270 g/mol. The first-order valence-corrected chi connectivity index (χ1v) is 8.38. The number of nitrogens with zero attached hydrogens (tertiary/aromatic N) is 5. The molecule has 0 saturated carbocycles. The second kappa shape index (κ2) is 5.99. The van der Waals surface area contributed by atoms with Crippen LogP contribution < -0.4 is 4.90 Å². The van der Waals surface area contributed by atoms with Gasteiger partial charge in [0.1, 0.15) is 5.82 Å². The lowest BCUT2D eigenvalue weighted by atomic mass is 10.2. The molecule has 1 atom stereocenters. The summed E-state index contributed by atoms with van der Waals surface area (Å²) in [6.45, 7) is 6.37. The molecule has 3 heterocycles. The molecule has 20 heavy (non-hydrogen) atoms. The Labute approximate surface area is 123 Å². The van der Waals surface area contributed by atoms with E-state index in [2.05, 4.69) is 39.8 Å². The zero-order chi connectivity index (χ0) is 13.9. The maximum absolute atomic E-state index is 4.70. The molecule has 6 heteroatoms. The van der Waals surface area contributed by atoms with Gasteiger partial charge in [-0.25, -0.2) is 0 Å². The maximum atomic E-state index is 4.70. The highest BCUT2D eigenvalue weighted by Gasteiger charge is 2.19. The predicted octanol–water partition coefficient (Wildman–Crippen LogP) is 2.54. The Morgan fingerprint density at radius 2 is 2.20 bits per heavy atom. The average molecular weight is 291 g/mol. The van der Waals surface area contributed by atoms with E-state index < -0.39 is 0 Å². The van der Waals surface area contributed by atoms with Crippen LogP contribution in [0.5, 0.6) is 0 Å². The molecular formula is C14H21N5S. The van der Waals surface area contributed by atoms with Crippen LogP contribution in [0.4, 0.5) is 5.82 Å². The van der Waals surface area contributed by atoms with E-state index in [0.717, 1.165) is 35.6 Å². The van der Waals surface area contributed by atoms with E-state index in [4.69, 9.17) is 5.10 Å². The summed E-state index contributed by atoms with van der Waals surface area (Å²) in [4.78, 5) is 2.42. The molecule has 0 radical (unpaired) electrons. The highest BCUT2D eigenvalue weighted by molar-refractivity contribution is 7.99. The van der Waals surface area contributed by atoms with Crippen molar-refractivity contribution in [3.8, 4) is 0 Å². The molecule has 3 rings (SSSR count). The molecule has 1 aliphatic rings. The zero-order valence-corrected chi connectivity index (χ0v) is 12.9. The molecule has 0 spiro atoms. The normalized spacial score (nSPS) is 20.3. The van der Waals surface area contributed by atoms with Gasteiger partial charge in [0.25, 0.3) is 0 Å². The van der Waals surface area contributed by atoms with Crippen LogP contribution in [-0.4, -0.2) is 43.9 Å². The maximum Gasteiger partial charge on any atom is 0.178 e. The van der Waals surface area contributed by atoms with Crippen molar-refractivity contribution in [2.75, 3.05) is 23.7 Å². The molecule has 0 aliphatic carbocycles. The van der Waals surface area contributed by atoms with Gasteiger partial charge in [0, 0.05) is 18.3 Å². The highest BCUT2D eigenvalue weighted by Crippen LogP contribution is 2.24. The molecule has 0 N–H and O–H groups in total. The lowest BCUT2D eigenvalue weighted by Crippen LogP contribution is -2.30. The van der Waals surface area contributed by atoms with Gasteiger partial charge in [0.2, 0.25) is 0 Å². The molecule has 0 aromatic carbocycles. The van der Waals surface area contributed by atoms with Gasteiger partial charge in [-0.3, -0.25) is 0 Å². The van der Waals surface area contributed by atoms with Crippen LogP contribution in [-0.2, 0) is 0 Å². The first-order chi connectivity index (χ1) is 9.78. The SMILES string of the molecule is CCS[C@@H]1CCCCN(c2ccc3nnc(C)n3n2)C1. The summed E-state index contributed by atoms with van der Waals surface area (Å²) >= 11 is 2.07. The van der Waals surface area contributed by atoms with Gasteiger partial charge in [-0.1, -0.05) is 13.3 Å². The van der Waals surface area contributed by atoms with Gasteiger partial charge < -0.3 is 4.90 Å². The minimum Gasteiger partial charge on any atom is -0.354 e. The van der Waals surface area contributed by atoms with E-state index in [9.17, 15) is 0 Å². The smallest absolute Gasteiger partial charge is 0.178 e. The van der Waals surface area contributed by atoms with Gasteiger partial charge in [0.15, 0.2) is 11.5 Å². The number of aromatic nitrogens is 4. The summed E-state index contributed by atoms with van der Waals surface area (Å²) in [5, 5.41) is 13.6. The van der Waals surface area contributed by atoms with Gasteiger partial charge >= 0.3 is 0 Å². The fraction of sp³-hybridized carbons (Fsp3) is 0.643. The zero-order valence-electron chi connectivity index (χ0n) is 12.1. The lowest BCUT2D eigenvalue weighted by Gasteiger charge is -2.24. The fourth-order valence-corrected chi connectivity index (χ4v) is 3.83. The van der Waals surface area contributed by atoms with Crippen LogP contribution in [0, 0.1) is 6.92 Å². The summed E-state index contributed by atoms with van der Waals surface area (Å²) in [6, 6.07) is 4.08. The van der Waals surface area contributed by atoms with Crippen LogP contribution >= 0.6 is 11.8 Å². The Kier molecular flexibility index (Phi) is 4.10. The summed E-state index contributed by atoms with van der Waals surface area (Å²) in [5.74, 6) is 3.08. The van der Waals surface area contributed by atoms with Crippen molar-refractivity contribution in [2.24, 2.45) is 0 Å². The van der Waals surface area contributed by atoms with Crippen LogP contribution in [0.25, 0.3) is 5.65 Å². The number of fused-ring (bicyclic) bond motifs is 1. The third-order valence-electron chi connectivity index (χ3n) is 3.76. The first-order valence-electron chi connectivity index (χ1n) is 7.33. The third-order valence-corrected chi connectivity index (χ3v) is 4.95. The highest BCUT2D eigenvalue weighted by atomic mass is 32.2. The second-order valence-electron chi connectivity index (χ2n) is 5.23. The van der Waals surface area contributed by atoms with E-state index in [1.165, 1.54) is 25.0 Å². The number of hydrogen-bond donors (Lipinski definition) is 0. The van der Waals surface area contributed by atoms with Gasteiger partial charge in [0.05, 0.1) is 0 Å². The van der Waals surface area contributed by atoms with Crippen LogP contribution in [0.3, 0.4) is 0 Å². The Morgan fingerprint density at radius 3 is 3.05 bits per heavy atom. The van der Waals surface area contributed by atoms with Gasteiger partial charge in [-0.2, -0.15) is 16.3 Å². The lowest BCUT2D eigenvalue weighted by molar-refractivity contribution is 0.734. The van der Waals surface area contributed by atoms with Crippen molar-refractivity contribution in [2.45, 2.75) is 38.4 Å². The van der Waals surface area contributed by atoms with E-state index in [1.54, 1.807) is 0 Å². The Morgan fingerprint density at radius 1 is 1.30 bits per heavy atom. The number of anilines is 1. The molecule has 2 aromatic rings. The van der Waals surface area contributed by atoms with Crippen molar-refractivity contribution in [3.63, 3.8) is 0 Å². The summed E-state index contributed by atoms with van der Waals surface area (Å²) in [6.07, 6.45) is 3.90. The van der Waals surface area contributed by atoms with E-state index in [0.29, 0.717) is 0 Å². The van der Waals surface area contributed by atoms with Crippen molar-refractivity contribution < 1.29 is 0 Å². The minimum atomic E-state index is 0.724. The average Bonchev–Trinajstić information content (AvgIpc) is 2.69. The van der Waals surface area contributed by atoms with Crippen molar-refractivity contribution in [1.82, 2.24) is 19.8 Å². The fourth-order valence-electron chi connectivity index (χ4n) is 2.74. The molecule has 2 aromatic heterocycles. The van der Waals surface area contributed by atoms with Crippen molar-refractivity contribution in [1.29, 1.82) is 0 Å². The Balaban J connectivity index is 1.86. The molecule has 1 aliphatic heterocycles. The first kappa shape index (κ1) is 13.7. The largest absolute Gasteiger partial charge is 0.354 e. The van der Waals surface area contributed by atoms with Crippen molar-refractivity contribution >= 4 is 23.2 Å². The summed E-state index contributed by atoms with van der Waals surface area (Å²) in [5.41, 5.74) is 0.820. The van der Waals surface area contributed by atoms with E-state index in [1.807, 2.05) is 17.5 Å². The summed E-state index contributed by atoms with van der Waals surface area (Å²) < 4.78 is 1.84.